The van der Waals surface area contributed by atoms with Crippen molar-refractivity contribution >= 4 is 15.7 Å². The Bertz CT molecular complexity index is 318. The molecule has 0 spiro atoms. The number of hydrogen-bond acceptors (Lipinski definition) is 3. The molecule has 0 aromatic rings. The molecule has 2 rings (SSSR count). The SMILES string of the molecule is O=C(CC1CCS(=O)(=O)C1)N1CC1. The molecule has 4 nitrogen and oxygen atoms in total. The minimum Gasteiger partial charge on any atom is -0.339 e. The van der Waals surface area contributed by atoms with Gasteiger partial charge in [-0.2, -0.15) is 0 Å². The van der Waals surface area contributed by atoms with E-state index in [4.69, 9.17) is 0 Å². The van der Waals surface area contributed by atoms with Gasteiger partial charge in [0, 0.05) is 19.5 Å². The summed E-state index contributed by atoms with van der Waals surface area (Å²) in [4.78, 5) is 13.1. The van der Waals surface area contributed by atoms with Crippen molar-refractivity contribution in [3.63, 3.8) is 0 Å². The van der Waals surface area contributed by atoms with E-state index in [2.05, 4.69) is 0 Å². The highest BCUT2D eigenvalue weighted by Crippen LogP contribution is 2.23. The molecule has 0 radical (unpaired) electrons. The van der Waals surface area contributed by atoms with Crippen LogP contribution in [0.2, 0.25) is 0 Å². The normalized spacial score (nSPS) is 30.5. The van der Waals surface area contributed by atoms with Crippen LogP contribution in [0.4, 0.5) is 0 Å². The largest absolute Gasteiger partial charge is 0.339 e. The van der Waals surface area contributed by atoms with Gasteiger partial charge < -0.3 is 4.90 Å². The molecule has 74 valence electrons. The summed E-state index contributed by atoms with van der Waals surface area (Å²) in [7, 11) is -2.82. The van der Waals surface area contributed by atoms with Crippen molar-refractivity contribution in [2.24, 2.45) is 5.92 Å². The summed E-state index contributed by atoms with van der Waals surface area (Å²) in [6.45, 7) is 1.72. The lowest BCUT2D eigenvalue weighted by Gasteiger charge is -2.06. The van der Waals surface area contributed by atoms with Gasteiger partial charge >= 0.3 is 0 Å². The third kappa shape index (κ3) is 2.21. The molecule has 0 saturated carbocycles. The number of nitrogens with zero attached hydrogens (tertiary/aromatic N) is 1. The van der Waals surface area contributed by atoms with Gasteiger partial charge in [-0.05, 0) is 12.3 Å². The zero-order valence-electron chi connectivity index (χ0n) is 7.40. The summed E-state index contributed by atoms with van der Waals surface area (Å²) in [5.74, 6) is 0.692. The first-order chi connectivity index (χ1) is 6.07. The molecule has 1 amide bonds. The highest BCUT2D eigenvalue weighted by Gasteiger charge is 2.32. The van der Waals surface area contributed by atoms with Crippen molar-refractivity contribution in [1.82, 2.24) is 4.90 Å². The first kappa shape index (κ1) is 8.99. The van der Waals surface area contributed by atoms with E-state index in [-0.39, 0.29) is 23.3 Å². The predicted molar refractivity (Wildman–Crippen MR) is 48.0 cm³/mol. The van der Waals surface area contributed by atoms with Crippen molar-refractivity contribution in [2.45, 2.75) is 12.8 Å². The van der Waals surface area contributed by atoms with E-state index >= 15 is 0 Å². The molecule has 2 aliphatic heterocycles. The van der Waals surface area contributed by atoms with Gasteiger partial charge in [-0.15, -0.1) is 0 Å². The fourth-order valence-corrected chi connectivity index (χ4v) is 3.57. The Morgan fingerprint density at radius 2 is 2.08 bits per heavy atom. The summed E-state index contributed by atoms with van der Waals surface area (Å²) < 4.78 is 22.2. The van der Waals surface area contributed by atoms with E-state index < -0.39 is 9.84 Å². The van der Waals surface area contributed by atoms with Crippen LogP contribution in [0.25, 0.3) is 0 Å². The summed E-state index contributed by atoms with van der Waals surface area (Å²) in [5.41, 5.74) is 0. The second-order valence-corrected chi connectivity index (χ2v) is 6.08. The van der Waals surface area contributed by atoms with Crippen LogP contribution in [0, 0.1) is 5.92 Å². The van der Waals surface area contributed by atoms with Gasteiger partial charge in [0.2, 0.25) is 5.91 Å². The van der Waals surface area contributed by atoms with Gasteiger partial charge in [0.1, 0.15) is 0 Å². The first-order valence-corrected chi connectivity index (χ1v) is 6.37. The van der Waals surface area contributed by atoms with Crippen LogP contribution in [-0.2, 0) is 14.6 Å². The Kier molecular flexibility index (Phi) is 2.06. The molecule has 0 N–H and O–H groups in total. The van der Waals surface area contributed by atoms with Gasteiger partial charge in [0.05, 0.1) is 11.5 Å². The Hall–Kier alpha value is -0.580. The Balaban J connectivity index is 1.86. The number of carbonyl (C=O) groups excluding carboxylic acids is 1. The third-order valence-corrected chi connectivity index (χ3v) is 4.43. The summed E-state index contributed by atoms with van der Waals surface area (Å²) >= 11 is 0. The van der Waals surface area contributed by atoms with E-state index in [1.807, 2.05) is 0 Å². The zero-order valence-corrected chi connectivity index (χ0v) is 8.22. The quantitative estimate of drug-likeness (QED) is 0.577. The number of amides is 1. The summed E-state index contributed by atoms with van der Waals surface area (Å²) in [5, 5.41) is 0. The fourth-order valence-electron chi connectivity index (χ4n) is 1.71. The second-order valence-electron chi connectivity index (χ2n) is 3.85. The third-order valence-electron chi connectivity index (χ3n) is 2.59. The maximum absolute atomic E-state index is 11.3. The van der Waals surface area contributed by atoms with E-state index in [0.29, 0.717) is 12.8 Å². The van der Waals surface area contributed by atoms with Crippen LogP contribution < -0.4 is 0 Å². The molecule has 0 bridgehead atoms. The molecule has 1 unspecified atom stereocenters. The fraction of sp³-hybridized carbons (Fsp3) is 0.875. The van der Waals surface area contributed by atoms with Gasteiger partial charge in [-0.25, -0.2) is 8.42 Å². The molecule has 2 saturated heterocycles. The van der Waals surface area contributed by atoms with Gasteiger partial charge in [0.25, 0.3) is 0 Å². The minimum atomic E-state index is -2.82. The highest BCUT2D eigenvalue weighted by molar-refractivity contribution is 7.91. The standard InChI is InChI=1S/C8H13NO3S/c10-8(9-2-3-9)5-7-1-4-13(11,12)6-7/h7H,1-6H2. The van der Waals surface area contributed by atoms with E-state index in [9.17, 15) is 13.2 Å². The second kappa shape index (κ2) is 2.97. The molecule has 5 heteroatoms. The average molecular weight is 203 g/mol. The minimum absolute atomic E-state index is 0.0816. The molecule has 2 fully saturated rings. The van der Waals surface area contributed by atoms with Crippen molar-refractivity contribution in [1.29, 1.82) is 0 Å². The highest BCUT2D eigenvalue weighted by atomic mass is 32.2. The lowest BCUT2D eigenvalue weighted by molar-refractivity contribution is -0.126. The Morgan fingerprint density at radius 1 is 1.38 bits per heavy atom. The van der Waals surface area contributed by atoms with Gasteiger partial charge in [-0.3, -0.25) is 4.79 Å². The van der Waals surface area contributed by atoms with E-state index in [0.717, 1.165) is 13.1 Å². The van der Waals surface area contributed by atoms with Crippen molar-refractivity contribution in [3.05, 3.63) is 0 Å². The molecule has 2 heterocycles. The lowest BCUT2D eigenvalue weighted by Crippen LogP contribution is -2.16. The molecular weight excluding hydrogens is 190 g/mol. The number of sulfone groups is 1. The molecule has 0 aromatic heterocycles. The van der Waals surface area contributed by atoms with Gasteiger partial charge in [0.15, 0.2) is 9.84 Å². The summed E-state index contributed by atoms with van der Waals surface area (Å²) in [6.07, 6.45) is 1.10. The predicted octanol–water partition coefficient (Wildman–Crippen LogP) is -0.347. The molecule has 0 aromatic carbocycles. The molecule has 2 aliphatic rings. The number of hydrogen-bond donors (Lipinski definition) is 0. The molecule has 13 heavy (non-hydrogen) atoms. The van der Waals surface area contributed by atoms with Crippen molar-refractivity contribution in [3.8, 4) is 0 Å². The smallest absolute Gasteiger partial charge is 0.223 e. The first-order valence-electron chi connectivity index (χ1n) is 4.55. The summed E-state index contributed by atoms with van der Waals surface area (Å²) in [6, 6.07) is 0. The molecular formula is C8H13NO3S. The van der Waals surface area contributed by atoms with Gasteiger partial charge in [-0.1, -0.05) is 0 Å². The van der Waals surface area contributed by atoms with E-state index in [1.54, 1.807) is 4.90 Å². The average Bonchev–Trinajstić information content (AvgIpc) is 2.78. The van der Waals surface area contributed by atoms with Crippen LogP contribution in [0.5, 0.6) is 0 Å². The maximum Gasteiger partial charge on any atom is 0.223 e. The van der Waals surface area contributed by atoms with E-state index in [1.165, 1.54) is 0 Å². The zero-order chi connectivity index (χ0) is 9.47. The maximum atomic E-state index is 11.3. The van der Waals surface area contributed by atoms with Crippen molar-refractivity contribution < 1.29 is 13.2 Å². The number of rotatable bonds is 2. The van der Waals surface area contributed by atoms with Crippen LogP contribution in [0.15, 0.2) is 0 Å². The Labute approximate surface area is 77.8 Å². The van der Waals surface area contributed by atoms with Crippen LogP contribution >= 0.6 is 0 Å². The molecule has 1 atom stereocenters. The van der Waals surface area contributed by atoms with Crippen LogP contribution in [-0.4, -0.2) is 43.8 Å². The Morgan fingerprint density at radius 3 is 2.54 bits per heavy atom. The topological polar surface area (TPSA) is 54.2 Å². The monoisotopic (exact) mass is 203 g/mol. The van der Waals surface area contributed by atoms with Crippen molar-refractivity contribution in [2.75, 3.05) is 24.6 Å². The number of carbonyl (C=O) groups is 1. The van der Waals surface area contributed by atoms with Crippen LogP contribution in [0.3, 0.4) is 0 Å². The van der Waals surface area contributed by atoms with Crippen LogP contribution in [0.1, 0.15) is 12.8 Å². The molecule has 0 aliphatic carbocycles. The lowest BCUT2D eigenvalue weighted by atomic mass is 10.1.